The second-order valence-corrected chi connectivity index (χ2v) is 10.3. The molecule has 1 amide bonds. The summed E-state index contributed by atoms with van der Waals surface area (Å²) in [5, 5.41) is 4.63. The summed E-state index contributed by atoms with van der Waals surface area (Å²) in [7, 11) is -4.08. The molecule has 0 spiro atoms. The lowest BCUT2D eigenvalue weighted by molar-refractivity contribution is 0.0971. The van der Waals surface area contributed by atoms with Gasteiger partial charge in [-0.1, -0.05) is 37.6 Å². The Balaban J connectivity index is 0.00000385. The van der Waals surface area contributed by atoms with Crippen LogP contribution >= 0.6 is 0 Å². The van der Waals surface area contributed by atoms with Gasteiger partial charge < -0.3 is 5.73 Å². The predicted molar refractivity (Wildman–Crippen MR) is 128 cm³/mol. The monoisotopic (exact) mass is 456 g/mol. The zero-order chi connectivity index (χ0) is 23.6. The third-order valence-corrected chi connectivity index (χ3v) is 6.55. The van der Waals surface area contributed by atoms with E-state index in [9.17, 15) is 13.2 Å². The van der Waals surface area contributed by atoms with E-state index in [1.807, 2.05) is 20.8 Å². The number of benzene rings is 2. The van der Waals surface area contributed by atoms with Crippen molar-refractivity contribution in [3.63, 3.8) is 0 Å². The molecule has 3 rings (SSSR count). The number of nitrogens with zero attached hydrogens (tertiary/aromatic N) is 2. The number of hydrogen-bond donors (Lipinski definition) is 2. The highest BCUT2D eigenvalue weighted by molar-refractivity contribution is 7.90. The van der Waals surface area contributed by atoms with Crippen LogP contribution in [0.25, 0.3) is 0 Å². The van der Waals surface area contributed by atoms with Crippen molar-refractivity contribution < 1.29 is 14.6 Å². The van der Waals surface area contributed by atoms with Gasteiger partial charge in [0.15, 0.2) is 0 Å². The maximum absolute atomic E-state index is 13.1. The van der Waals surface area contributed by atoms with Crippen molar-refractivity contribution in [3.05, 3.63) is 76.1 Å². The number of amides is 1. The van der Waals surface area contributed by atoms with Gasteiger partial charge in [-0.05, 0) is 74.1 Å². The normalized spacial score (nSPS) is 11.7. The summed E-state index contributed by atoms with van der Waals surface area (Å²) in [6, 6.07) is 11.7. The number of nitrogens with two attached hydrogens (primary N) is 1. The number of aromatic nitrogens is 2. The number of nitrogen functional groups attached to an aromatic ring is 1. The Morgan fingerprint density at radius 1 is 1.12 bits per heavy atom. The molecule has 0 radical (unpaired) electrons. The van der Waals surface area contributed by atoms with Gasteiger partial charge in [-0.25, -0.2) is 13.1 Å². The third-order valence-electron chi connectivity index (χ3n) is 5.22. The molecular weight excluding hydrogens is 424 g/mol. The number of nitrogens with one attached hydrogen (secondary N) is 1. The summed E-state index contributed by atoms with van der Waals surface area (Å²) in [5.74, 6) is -0.384. The van der Waals surface area contributed by atoms with Crippen LogP contribution in [0.1, 0.15) is 53.7 Å². The van der Waals surface area contributed by atoms with Crippen LogP contribution in [0, 0.1) is 26.7 Å². The molecule has 0 saturated heterocycles. The van der Waals surface area contributed by atoms with Crippen molar-refractivity contribution in [2.45, 2.75) is 52.5 Å². The van der Waals surface area contributed by atoms with Crippen molar-refractivity contribution >= 4 is 21.6 Å². The first-order chi connectivity index (χ1) is 15.0. The zero-order valence-electron chi connectivity index (χ0n) is 19.1. The molecule has 0 saturated carbocycles. The number of anilines is 1. The van der Waals surface area contributed by atoms with Gasteiger partial charge in [0.25, 0.3) is 15.9 Å². The van der Waals surface area contributed by atoms with Crippen molar-refractivity contribution in [3.8, 4) is 0 Å². The van der Waals surface area contributed by atoms with Crippen molar-refractivity contribution in [1.29, 1.82) is 0 Å². The Morgan fingerprint density at radius 2 is 1.78 bits per heavy atom. The fraction of sp³-hybridized carbons (Fsp3) is 0.333. The Labute approximate surface area is 191 Å². The number of hydrogen-bond acceptors (Lipinski definition) is 5. The highest BCUT2D eigenvalue weighted by Gasteiger charge is 2.23. The fourth-order valence-electron chi connectivity index (χ4n) is 3.82. The Morgan fingerprint density at radius 3 is 2.38 bits per heavy atom. The highest BCUT2D eigenvalue weighted by atomic mass is 32.2. The molecule has 2 aromatic carbocycles. The fourth-order valence-corrected chi connectivity index (χ4v) is 4.83. The summed E-state index contributed by atoms with van der Waals surface area (Å²) in [6.07, 6.45) is 0.682. The van der Waals surface area contributed by atoms with Gasteiger partial charge in [0.1, 0.15) is 5.69 Å². The van der Waals surface area contributed by atoms with E-state index in [4.69, 9.17) is 5.73 Å². The molecular formula is C24H32N4O3S. The van der Waals surface area contributed by atoms with E-state index in [2.05, 4.69) is 35.8 Å². The molecule has 0 unspecified atom stereocenters. The maximum Gasteiger partial charge on any atom is 0.283 e. The molecule has 0 aliphatic heterocycles. The van der Waals surface area contributed by atoms with Gasteiger partial charge in [0.05, 0.1) is 17.1 Å². The minimum atomic E-state index is -4.08. The Hall–Kier alpha value is -3.13. The van der Waals surface area contributed by atoms with Crippen LogP contribution in [0.15, 0.2) is 47.4 Å². The van der Waals surface area contributed by atoms with Crippen molar-refractivity contribution in [2.75, 3.05) is 5.73 Å². The largest absolute Gasteiger partial charge is 0.399 e. The van der Waals surface area contributed by atoms with Gasteiger partial charge in [-0.15, -0.1) is 0 Å². The van der Waals surface area contributed by atoms with Crippen LogP contribution in [0.5, 0.6) is 0 Å². The SMILES string of the molecule is Cc1cc(C)c(Cn2nc(CC(C)C)cc2C(=O)NS(=O)(=O)c2cccc(N)c2)c(C)c1.[HH]. The van der Waals surface area contributed by atoms with Gasteiger partial charge in [0.2, 0.25) is 0 Å². The predicted octanol–water partition coefficient (Wildman–Crippen LogP) is 4.00. The first-order valence-electron chi connectivity index (χ1n) is 10.5. The molecule has 3 N–H and O–H groups in total. The van der Waals surface area contributed by atoms with E-state index in [1.54, 1.807) is 16.8 Å². The van der Waals surface area contributed by atoms with Crippen LogP contribution in [0.3, 0.4) is 0 Å². The molecule has 0 atom stereocenters. The lowest BCUT2D eigenvalue weighted by atomic mass is 10.00. The molecule has 7 nitrogen and oxygen atoms in total. The summed E-state index contributed by atoms with van der Waals surface area (Å²) < 4.78 is 29.3. The third kappa shape index (κ3) is 5.37. The van der Waals surface area contributed by atoms with Crippen LogP contribution in [0.4, 0.5) is 5.69 Å². The van der Waals surface area contributed by atoms with Crippen LogP contribution in [-0.2, 0) is 23.0 Å². The van der Waals surface area contributed by atoms with E-state index >= 15 is 0 Å². The van der Waals surface area contributed by atoms with E-state index in [0.29, 0.717) is 24.6 Å². The minimum absolute atomic E-state index is 0. The molecule has 172 valence electrons. The Kier molecular flexibility index (Phi) is 6.74. The number of aryl methyl sites for hydroxylation is 3. The second-order valence-electron chi connectivity index (χ2n) is 8.66. The maximum atomic E-state index is 13.1. The number of carbonyl (C=O) groups is 1. The molecule has 0 bridgehead atoms. The summed E-state index contributed by atoms with van der Waals surface area (Å²) >= 11 is 0. The molecule has 32 heavy (non-hydrogen) atoms. The molecule has 1 aromatic heterocycles. The lowest BCUT2D eigenvalue weighted by Crippen LogP contribution is -2.32. The summed E-state index contributed by atoms with van der Waals surface area (Å²) in [6.45, 7) is 10.6. The quantitative estimate of drug-likeness (QED) is 0.523. The van der Waals surface area contributed by atoms with Gasteiger partial charge >= 0.3 is 0 Å². The second kappa shape index (κ2) is 9.16. The van der Waals surface area contributed by atoms with Crippen LogP contribution < -0.4 is 10.5 Å². The number of sulfonamides is 1. The molecule has 1 heterocycles. The minimum Gasteiger partial charge on any atom is -0.399 e. The van der Waals surface area contributed by atoms with Crippen molar-refractivity contribution in [1.82, 2.24) is 14.5 Å². The standard InChI is InChI=1S/C24H30N4O3S.H2/c1-15(2)9-20-13-23(24(29)27-32(30,31)21-8-6-7-19(25)12-21)28(26-20)14-22-17(4)10-16(3)11-18(22)5;/h6-8,10-13,15H,9,14,25H2,1-5H3,(H,27,29);1H. The first-order valence-corrected chi connectivity index (χ1v) is 12.0. The molecule has 0 fully saturated rings. The summed E-state index contributed by atoms with van der Waals surface area (Å²) in [4.78, 5) is 13.0. The highest BCUT2D eigenvalue weighted by Crippen LogP contribution is 2.20. The van der Waals surface area contributed by atoms with E-state index in [1.165, 1.54) is 18.2 Å². The van der Waals surface area contributed by atoms with Gasteiger partial charge in [-0.2, -0.15) is 5.10 Å². The average Bonchev–Trinajstić information content (AvgIpc) is 3.06. The van der Waals surface area contributed by atoms with E-state index in [-0.39, 0.29) is 12.0 Å². The zero-order valence-corrected chi connectivity index (χ0v) is 20.0. The van der Waals surface area contributed by atoms with Crippen molar-refractivity contribution in [2.24, 2.45) is 5.92 Å². The lowest BCUT2D eigenvalue weighted by Gasteiger charge is -2.14. The molecule has 8 heteroatoms. The first kappa shape index (κ1) is 23.5. The smallest absolute Gasteiger partial charge is 0.283 e. The summed E-state index contributed by atoms with van der Waals surface area (Å²) in [5.41, 5.74) is 11.4. The van der Waals surface area contributed by atoms with E-state index < -0.39 is 15.9 Å². The Bertz CT molecular complexity index is 1240. The van der Waals surface area contributed by atoms with E-state index in [0.717, 1.165) is 27.9 Å². The molecule has 3 aromatic rings. The van der Waals surface area contributed by atoms with Crippen LogP contribution in [-0.4, -0.2) is 24.1 Å². The number of carbonyl (C=O) groups excluding carboxylic acids is 1. The topological polar surface area (TPSA) is 107 Å². The van der Waals surface area contributed by atoms with Gasteiger partial charge in [-0.3, -0.25) is 9.48 Å². The van der Waals surface area contributed by atoms with Gasteiger partial charge in [0, 0.05) is 7.11 Å². The average molecular weight is 457 g/mol. The molecule has 0 aliphatic rings. The number of rotatable bonds is 7. The molecule has 0 aliphatic carbocycles. The van der Waals surface area contributed by atoms with Crippen LogP contribution in [0.2, 0.25) is 0 Å².